The van der Waals surface area contributed by atoms with E-state index >= 15 is 0 Å². The molecule has 62 valence electrons. The van der Waals surface area contributed by atoms with Crippen molar-refractivity contribution in [2.24, 2.45) is 0 Å². The minimum Gasteiger partial charge on any atom is -0.301 e. The Hall–Kier alpha value is -1.45. The molecule has 12 heavy (non-hydrogen) atoms. The van der Waals surface area contributed by atoms with Crippen LogP contribution in [0.5, 0.6) is 0 Å². The zero-order valence-electron chi connectivity index (χ0n) is 6.43. The van der Waals surface area contributed by atoms with Gasteiger partial charge in [-0.25, -0.2) is 4.98 Å². The molecule has 0 radical (unpaired) electrons. The van der Waals surface area contributed by atoms with Crippen molar-refractivity contribution in [1.29, 1.82) is 0 Å². The van der Waals surface area contributed by atoms with E-state index in [1.807, 2.05) is 0 Å². The molecule has 0 fully saturated rings. The molecule has 0 amide bonds. The summed E-state index contributed by atoms with van der Waals surface area (Å²) < 4.78 is 1.47. The van der Waals surface area contributed by atoms with E-state index in [9.17, 15) is 9.59 Å². The summed E-state index contributed by atoms with van der Waals surface area (Å²) in [5, 5.41) is 0. The van der Waals surface area contributed by atoms with E-state index in [-0.39, 0.29) is 11.6 Å². The number of aromatic nitrogens is 2. The summed E-state index contributed by atoms with van der Waals surface area (Å²) in [4.78, 5) is 25.8. The normalized spacial score (nSPS) is 20.5. The number of aryl methyl sites for hydroxylation is 1. The number of nitrogens with zero attached hydrogens (tertiary/aromatic N) is 2. The molecule has 1 aliphatic rings. The number of fused-ring (bicyclic) bond motifs is 1. The highest BCUT2D eigenvalue weighted by Gasteiger charge is 2.22. The first kappa shape index (κ1) is 7.21. The van der Waals surface area contributed by atoms with Crippen LogP contribution in [0.2, 0.25) is 0 Å². The SMILES string of the molecule is O=C[C@@H]1CCc2nccc(=O)n21. The lowest BCUT2D eigenvalue weighted by molar-refractivity contribution is -0.110. The Morgan fingerprint density at radius 1 is 1.67 bits per heavy atom. The van der Waals surface area contributed by atoms with Crippen LogP contribution in [0.1, 0.15) is 18.3 Å². The molecule has 0 unspecified atom stereocenters. The van der Waals surface area contributed by atoms with Crippen molar-refractivity contribution in [3.8, 4) is 0 Å². The highest BCUT2D eigenvalue weighted by molar-refractivity contribution is 5.56. The second-order valence-corrected chi connectivity index (χ2v) is 2.81. The largest absolute Gasteiger partial charge is 0.301 e. The van der Waals surface area contributed by atoms with E-state index in [0.717, 1.165) is 18.5 Å². The van der Waals surface area contributed by atoms with Gasteiger partial charge in [-0.1, -0.05) is 0 Å². The van der Waals surface area contributed by atoms with Crippen LogP contribution >= 0.6 is 0 Å². The van der Waals surface area contributed by atoms with Crippen LogP contribution in [0.15, 0.2) is 17.1 Å². The zero-order valence-corrected chi connectivity index (χ0v) is 6.43. The summed E-state index contributed by atoms with van der Waals surface area (Å²) in [7, 11) is 0. The van der Waals surface area contributed by atoms with Crippen LogP contribution in [-0.2, 0) is 11.2 Å². The van der Waals surface area contributed by atoms with Gasteiger partial charge in [0.1, 0.15) is 12.1 Å². The van der Waals surface area contributed by atoms with Gasteiger partial charge in [-0.3, -0.25) is 9.36 Å². The van der Waals surface area contributed by atoms with Crippen molar-refractivity contribution >= 4 is 6.29 Å². The number of hydrogen-bond donors (Lipinski definition) is 0. The zero-order chi connectivity index (χ0) is 8.55. The quantitative estimate of drug-likeness (QED) is 0.546. The fourth-order valence-electron chi connectivity index (χ4n) is 1.53. The summed E-state index contributed by atoms with van der Waals surface area (Å²) in [6.07, 6.45) is 3.72. The van der Waals surface area contributed by atoms with Crippen molar-refractivity contribution in [2.45, 2.75) is 18.9 Å². The first-order valence-electron chi connectivity index (χ1n) is 3.84. The smallest absolute Gasteiger partial charge is 0.254 e. The maximum atomic E-state index is 11.2. The maximum absolute atomic E-state index is 11.2. The van der Waals surface area contributed by atoms with Crippen LogP contribution < -0.4 is 5.56 Å². The van der Waals surface area contributed by atoms with E-state index in [1.165, 1.54) is 16.8 Å². The van der Waals surface area contributed by atoms with Gasteiger partial charge in [0, 0.05) is 18.7 Å². The Morgan fingerprint density at radius 3 is 3.25 bits per heavy atom. The van der Waals surface area contributed by atoms with Gasteiger partial charge in [0.2, 0.25) is 0 Å². The third-order valence-electron chi connectivity index (χ3n) is 2.11. The van der Waals surface area contributed by atoms with E-state index in [0.29, 0.717) is 6.42 Å². The number of carbonyl (C=O) groups excluding carboxylic acids is 1. The van der Waals surface area contributed by atoms with Crippen molar-refractivity contribution in [1.82, 2.24) is 9.55 Å². The van der Waals surface area contributed by atoms with Crippen molar-refractivity contribution in [3.05, 3.63) is 28.4 Å². The van der Waals surface area contributed by atoms with Gasteiger partial charge in [-0.05, 0) is 6.42 Å². The van der Waals surface area contributed by atoms with Crippen molar-refractivity contribution in [2.75, 3.05) is 0 Å². The third-order valence-corrected chi connectivity index (χ3v) is 2.11. The molecule has 0 aliphatic carbocycles. The summed E-state index contributed by atoms with van der Waals surface area (Å²) in [5.74, 6) is 0.722. The predicted octanol–water partition coefficient (Wildman–Crippen LogP) is -0.0705. The monoisotopic (exact) mass is 164 g/mol. The highest BCUT2D eigenvalue weighted by Crippen LogP contribution is 2.18. The first-order valence-corrected chi connectivity index (χ1v) is 3.84. The Morgan fingerprint density at radius 2 is 2.50 bits per heavy atom. The molecule has 2 rings (SSSR count). The Labute approximate surface area is 68.9 Å². The molecule has 1 atom stereocenters. The van der Waals surface area contributed by atoms with Crippen molar-refractivity contribution in [3.63, 3.8) is 0 Å². The van der Waals surface area contributed by atoms with Crippen molar-refractivity contribution < 1.29 is 4.79 Å². The number of rotatable bonds is 1. The third kappa shape index (κ3) is 0.879. The van der Waals surface area contributed by atoms with E-state index in [1.54, 1.807) is 0 Å². The molecule has 0 saturated heterocycles. The van der Waals surface area contributed by atoms with Crippen LogP contribution in [0.25, 0.3) is 0 Å². The van der Waals surface area contributed by atoms with Crippen LogP contribution in [0.3, 0.4) is 0 Å². The molecule has 0 spiro atoms. The average Bonchev–Trinajstić information content (AvgIpc) is 2.49. The lowest BCUT2D eigenvalue weighted by Crippen LogP contribution is -2.23. The van der Waals surface area contributed by atoms with Crippen LogP contribution in [0.4, 0.5) is 0 Å². The second-order valence-electron chi connectivity index (χ2n) is 2.81. The molecule has 1 aliphatic heterocycles. The van der Waals surface area contributed by atoms with Gasteiger partial charge in [0.05, 0.1) is 6.04 Å². The van der Waals surface area contributed by atoms with E-state index < -0.39 is 0 Å². The van der Waals surface area contributed by atoms with E-state index in [4.69, 9.17) is 0 Å². The molecule has 2 heterocycles. The van der Waals surface area contributed by atoms with Crippen LogP contribution in [-0.4, -0.2) is 15.8 Å². The van der Waals surface area contributed by atoms with Gasteiger partial charge in [-0.15, -0.1) is 0 Å². The molecular formula is C8H8N2O2. The summed E-state index contributed by atoms with van der Waals surface area (Å²) in [6, 6.07) is 1.09. The van der Waals surface area contributed by atoms with Gasteiger partial charge >= 0.3 is 0 Å². The second kappa shape index (κ2) is 2.55. The predicted molar refractivity (Wildman–Crippen MR) is 41.9 cm³/mol. The Bertz CT molecular complexity index is 370. The molecule has 1 aromatic rings. The van der Waals surface area contributed by atoms with Gasteiger partial charge in [0.15, 0.2) is 0 Å². The average molecular weight is 164 g/mol. The standard InChI is InChI=1S/C8H8N2O2/c11-5-6-1-2-7-9-4-3-8(12)10(6)7/h3-6H,1-2H2/t6-/m0/s1. The summed E-state index contributed by atoms with van der Waals surface area (Å²) >= 11 is 0. The first-order chi connectivity index (χ1) is 5.83. The maximum Gasteiger partial charge on any atom is 0.254 e. The lowest BCUT2D eigenvalue weighted by Gasteiger charge is -2.04. The molecule has 0 N–H and O–H groups in total. The minimum absolute atomic E-state index is 0.130. The highest BCUT2D eigenvalue weighted by atomic mass is 16.1. The van der Waals surface area contributed by atoms with E-state index in [2.05, 4.69) is 4.98 Å². The van der Waals surface area contributed by atoms with Gasteiger partial charge in [-0.2, -0.15) is 0 Å². The molecular weight excluding hydrogens is 156 g/mol. The molecule has 0 saturated carbocycles. The number of aldehydes is 1. The number of carbonyl (C=O) groups is 1. The molecule has 4 nitrogen and oxygen atoms in total. The Kier molecular flexibility index (Phi) is 1.53. The fourth-order valence-corrected chi connectivity index (χ4v) is 1.53. The molecule has 4 heteroatoms. The van der Waals surface area contributed by atoms with Crippen LogP contribution in [0, 0.1) is 0 Å². The molecule has 0 aromatic carbocycles. The van der Waals surface area contributed by atoms with Gasteiger partial charge < -0.3 is 4.79 Å². The van der Waals surface area contributed by atoms with Gasteiger partial charge in [0.25, 0.3) is 5.56 Å². The topological polar surface area (TPSA) is 52.0 Å². The Balaban J connectivity index is 2.63. The fraction of sp³-hybridized carbons (Fsp3) is 0.375. The summed E-state index contributed by atoms with van der Waals surface area (Å²) in [6.45, 7) is 0. The minimum atomic E-state index is -0.291. The molecule has 0 bridgehead atoms. The lowest BCUT2D eigenvalue weighted by atomic mass is 10.2. The number of hydrogen-bond acceptors (Lipinski definition) is 3. The summed E-state index contributed by atoms with van der Waals surface area (Å²) in [5.41, 5.74) is -0.130. The molecule has 1 aromatic heterocycles.